The average Bonchev–Trinajstić information content (AvgIpc) is 2.81. The van der Waals surface area contributed by atoms with Crippen LogP contribution < -0.4 is 10.6 Å². The summed E-state index contributed by atoms with van der Waals surface area (Å²) in [4.78, 5) is 0. The van der Waals surface area contributed by atoms with Gasteiger partial charge in [-0.15, -0.1) is 0 Å². The molecule has 1 saturated carbocycles. The van der Waals surface area contributed by atoms with Gasteiger partial charge >= 0.3 is 6.18 Å². The molecule has 1 rings (SSSR count). The van der Waals surface area contributed by atoms with E-state index < -0.39 is 11.7 Å². The van der Waals surface area contributed by atoms with Crippen LogP contribution in [0.4, 0.5) is 13.2 Å². The maximum Gasteiger partial charge on any atom is 0.406 e. The van der Waals surface area contributed by atoms with Gasteiger partial charge in [0.1, 0.15) is 5.54 Å². The highest BCUT2D eigenvalue weighted by Crippen LogP contribution is 2.48. The maximum atomic E-state index is 12.5. The molecule has 2 N–H and O–H groups in total. The van der Waals surface area contributed by atoms with Crippen molar-refractivity contribution < 1.29 is 13.2 Å². The first-order valence-electron chi connectivity index (χ1n) is 5.73. The number of halogens is 3. The molecule has 0 radical (unpaired) electrons. The SMILES string of the molecule is CC(C)(C)NCCCNC1(C(F)(F)F)CC1. The van der Waals surface area contributed by atoms with Crippen molar-refractivity contribution in [2.24, 2.45) is 0 Å². The van der Waals surface area contributed by atoms with Crippen molar-refractivity contribution in [1.29, 1.82) is 0 Å². The largest absolute Gasteiger partial charge is 0.406 e. The Labute approximate surface area is 95.0 Å². The van der Waals surface area contributed by atoms with Crippen molar-refractivity contribution >= 4 is 0 Å². The van der Waals surface area contributed by atoms with E-state index in [4.69, 9.17) is 0 Å². The van der Waals surface area contributed by atoms with Gasteiger partial charge in [0.2, 0.25) is 0 Å². The topological polar surface area (TPSA) is 24.1 Å². The van der Waals surface area contributed by atoms with E-state index in [1.807, 2.05) is 20.8 Å². The van der Waals surface area contributed by atoms with Crippen molar-refractivity contribution in [1.82, 2.24) is 10.6 Å². The van der Waals surface area contributed by atoms with Crippen LogP contribution in [0.2, 0.25) is 0 Å². The van der Waals surface area contributed by atoms with Gasteiger partial charge in [0.05, 0.1) is 0 Å². The van der Waals surface area contributed by atoms with E-state index in [1.54, 1.807) is 0 Å². The van der Waals surface area contributed by atoms with Crippen LogP contribution in [-0.4, -0.2) is 30.3 Å². The average molecular weight is 238 g/mol. The molecule has 0 heterocycles. The molecule has 0 spiro atoms. The molecule has 0 aliphatic heterocycles. The molecule has 5 heteroatoms. The minimum absolute atomic E-state index is 0.0291. The number of hydrogen-bond acceptors (Lipinski definition) is 2. The molecular weight excluding hydrogens is 217 g/mol. The molecule has 1 aliphatic rings. The van der Waals surface area contributed by atoms with Crippen molar-refractivity contribution in [2.45, 2.75) is 57.3 Å². The van der Waals surface area contributed by atoms with Crippen LogP contribution in [0.1, 0.15) is 40.0 Å². The summed E-state index contributed by atoms with van der Waals surface area (Å²) in [6.07, 6.45) is -2.92. The highest BCUT2D eigenvalue weighted by molar-refractivity contribution is 5.07. The smallest absolute Gasteiger partial charge is 0.312 e. The normalized spacial score (nSPS) is 19.9. The second-order valence-corrected chi connectivity index (χ2v) is 5.54. The Morgan fingerprint density at radius 1 is 1.06 bits per heavy atom. The molecule has 0 unspecified atom stereocenters. The van der Waals surface area contributed by atoms with Gasteiger partial charge in [-0.1, -0.05) is 0 Å². The first-order valence-corrected chi connectivity index (χ1v) is 5.73. The lowest BCUT2D eigenvalue weighted by molar-refractivity contribution is -0.165. The molecule has 0 bridgehead atoms. The Kier molecular flexibility index (Phi) is 3.90. The maximum absolute atomic E-state index is 12.5. The molecule has 2 nitrogen and oxygen atoms in total. The fourth-order valence-corrected chi connectivity index (χ4v) is 1.56. The lowest BCUT2D eigenvalue weighted by Crippen LogP contribution is -2.46. The van der Waals surface area contributed by atoms with E-state index in [-0.39, 0.29) is 18.4 Å². The predicted octanol–water partition coefficient (Wildman–Crippen LogP) is 2.45. The van der Waals surface area contributed by atoms with Gasteiger partial charge in [0.25, 0.3) is 0 Å². The van der Waals surface area contributed by atoms with E-state index in [0.29, 0.717) is 6.54 Å². The molecule has 0 aromatic heterocycles. The Balaban J connectivity index is 2.13. The number of rotatable bonds is 5. The van der Waals surface area contributed by atoms with E-state index in [0.717, 1.165) is 13.0 Å². The molecule has 0 atom stereocenters. The molecule has 1 aliphatic carbocycles. The molecule has 0 saturated heterocycles. The highest BCUT2D eigenvalue weighted by Gasteiger charge is 2.62. The van der Waals surface area contributed by atoms with Crippen LogP contribution in [-0.2, 0) is 0 Å². The molecule has 0 aromatic rings. The molecule has 0 amide bonds. The van der Waals surface area contributed by atoms with E-state index in [9.17, 15) is 13.2 Å². The fourth-order valence-electron chi connectivity index (χ4n) is 1.56. The summed E-state index contributed by atoms with van der Waals surface area (Å²) in [5.41, 5.74) is -1.53. The molecule has 1 fully saturated rings. The molecular formula is C11H21F3N2. The van der Waals surface area contributed by atoms with Gasteiger partial charge < -0.3 is 10.6 Å². The van der Waals surface area contributed by atoms with E-state index >= 15 is 0 Å². The monoisotopic (exact) mass is 238 g/mol. The van der Waals surface area contributed by atoms with Crippen LogP contribution in [0.25, 0.3) is 0 Å². The first-order chi connectivity index (χ1) is 7.16. The van der Waals surface area contributed by atoms with Crippen molar-refractivity contribution in [3.63, 3.8) is 0 Å². The summed E-state index contributed by atoms with van der Waals surface area (Å²) in [7, 11) is 0. The van der Waals surface area contributed by atoms with Gasteiger partial charge in [-0.3, -0.25) is 0 Å². The molecule has 0 aromatic carbocycles. The Hall–Kier alpha value is -0.290. The summed E-state index contributed by atoms with van der Waals surface area (Å²) in [5, 5.41) is 5.88. The lowest BCUT2D eigenvalue weighted by Gasteiger charge is -2.23. The van der Waals surface area contributed by atoms with E-state index in [1.165, 1.54) is 0 Å². The van der Waals surface area contributed by atoms with Crippen LogP contribution in [0.3, 0.4) is 0 Å². The summed E-state index contributed by atoms with van der Waals surface area (Å²) in [6, 6.07) is 0. The number of alkyl halides is 3. The second-order valence-electron chi connectivity index (χ2n) is 5.54. The van der Waals surface area contributed by atoms with Crippen molar-refractivity contribution in [3.8, 4) is 0 Å². The van der Waals surface area contributed by atoms with Gasteiger partial charge in [0.15, 0.2) is 0 Å². The second kappa shape index (κ2) is 4.53. The minimum Gasteiger partial charge on any atom is -0.312 e. The first kappa shape index (κ1) is 13.8. The van der Waals surface area contributed by atoms with Gasteiger partial charge in [-0.05, 0) is 53.1 Å². The Morgan fingerprint density at radius 3 is 2.00 bits per heavy atom. The zero-order chi connectivity index (χ0) is 12.4. The van der Waals surface area contributed by atoms with Crippen molar-refractivity contribution in [2.75, 3.05) is 13.1 Å². The standard InChI is InChI=1S/C11H21F3N2/c1-9(2,3)15-7-4-8-16-10(5-6-10)11(12,13)14/h15-16H,4-8H2,1-3H3. The summed E-state index contributed by atoms with van der Waals surface area (Å²) < 4.78 is 37.5. The predicted molar refractivity (Wildman–Crippen MR) is 58.4 cm³/mol. The van der Waals surface area contributed by atoms with Gasteiger partial charge in [-0.25, -0.2) is 0 Å². The van der Waals surface area contributed by atoms with Crippen molar-refractivity contribution in [3.05, 3.63) is 0 Å². The minimum atomic E-state index is -4.09. The van der Waals surface area contributed by atoms with Gasteiger partial charge in [-0.2, -0.15) is 13.2 Å². The number of hydrogen-bond donors (Lipinski definition) is 2. The zero-order valence-corrected chi connectivity index (χ0v) is 10.2. The van der Waals surface area contributed by atoms with E-state index in [2.05, 4.69) is 10.6 Å². The summed E-state index contributed by atoms with van der Waals surface area (Å²) in [6.45, 7) is 7.28. The highest BCUT2D eigenvalue weighted by atomic mass is 19.4. The van der Waals surface area contributed by atoms with Crippen LogP contribution in [0.15, 0.2) is 0 Å². The third-order valence-electron chi connectivity index (χ3n) is 2.76. The lowest BCUT2D eigenvalue weighted by atomic mass is 10.1. The number of nitrogens with one attached hydrogen (secondary N) is 2. The quantitative estimate of drug-likeness (QED) is 0.719. The fraction of sp³-hybridized carbons (Fsp3) is 1.00. The Morgan fingerprint density at radius 2 is 1.62 bits per heavy atom. The molecule has 96 valence electrons. The third kappa shape index (κ3) is 3.94. The van der Waals surface area contributed by atoms with Crippen LogP contribution >= 0.6 is 0 Å². The summed E-state index contributed by atoms with van der Waals surface area (Å²) in [5.74, 6) is 0. The van der Waals surface area contributed by atoms with Crippen LogP contribution in [0, 0.1) is 0 Å². The summed E-state index contributed by atoms with van der Waals surface area (Å²) >= 11 is 0. The van der Waals surface area contributed by atoms with Gasteiger partial charge in [0, 0.05) is 5.54 Å². The third-order valence-corrected chi connectivity index (χ3v) is 2.76. The molecule has 16 heavy (non-hydrogen) atoms. The Bertz CT molecular complexity index is 226. The van der Waals surface area contributed by atoms with Crippen LogP contribution in [0.5, 0.6) is 0 Å². The zero-order valence-electron chi connectivity index (χ0n) is 10.2.